The Morgan fingerprint density at radius 3 is 3.07 bits per heavy atom. The third-order valence-corrected chi connectivity index (χ3v) is 2.84. The van der Waals surface area contributed by atoms with E-state index in [1.165, 1.54) is 11.3 Å². The van der Waals surface area contributed by atoms with Crippen LogP contribution in [0.2, 0.25) is 0 Å². The molecule has 0 saturated heterocycles. The van der Waals surface area contributed by atoms with E-state index < -0.39 is 6.10 Å². The molecule has 0 spiro atoms. The molecule has 80 valence electrons. The Hall–Kier alpha value is -0.490. The molecule has 0 saturated carbocycles. The van der Waals surface area contributed by atoms with Crippen molar-refractivity contribution in [2.75, 3.05) is 13.7 Å². The number of thiazole rings is 1. The molecule has 0 fully saturated rings. The van der Waals surface area contributed by atoms with Crippen molar-refractivity contribution in [1.82, 2.24) is 4.98 Å². The number of methoxy groups -OCH3 is 1. The smallest absolute Gasteiger partial charge is 0.123 e. The van der Waals surface area contributed by atoms with E-state index >= 15 is 0 Å². The molecule has 1 aromatic rings. The molecule has 0 bridgehead atoms. The predicted molar refractivity (Wildman–Crippen MR) is 56.2 cm³/mol. The third-order valence-electron chi connectivity index (χ3n) is 2.00. The Labute approximate surface area is 87.7 Å². The van der Waals surface area contributed by atoms with Gasteiger partial charge in [0.1, 0.15) is 11.1 Å². The summed E-state index contributed by atoms with van der Waals surface area (Å²) in [5.74, 6) is 0. The molecule has 14 heavy (non-hydrogen) atoms. The van der Waals surface area contributed by atoms with Crippen molar-refractivity contribution in [2.24, 2.45) is 5.73 Å². The second kappa shape index (κ2) is 6.08. The lowest BCUT2D eigenvalue weighted by atomic mass is 10.1. The Balaban J connectivity index is 2.33. The summed E-state index contributed by atoms with van der Waals surface area (Å²) >= 11 is 1.43. The number of aliphatic hydroxyl groups is 1. The van der Waals surface area contributed by atoms with Crippen LogP contribution >= 0.6 is 11.3 Å². The van der Waals surface area contributed by atoms with Crippen molar-refractivity contribution in [3.8, 4) is 0 Å². The van der Waals surface area contributed by atoms with Gasteiger partial charge in [0.2, 0.25) is 0 Å². The number of hydrogen-bond donors (Lipinski definition) is 2. The first-order valence-electron chi connectivity index (χ1n) is 4.57. The van der Waals surface area contributed by atoms with Crippen LogP contribution in [0.15, 0.2) is 11.6 Å². The molecule has 0 aliphatic carbocycles. The predicted octanol–water partition coefficient (Wildman–Crippen LogP) is 0.930. The summed E-state index contributed by atoms with van der Waals surface area (Å²) in [6, 6.07) is -0.253. The largest absolute Gasteiger partial charge is 0.385 e. The van der Waals surface area contributed by atoms with Gasteiger partial charge in [-0.05, 0) is 12.8 Å². The average Bonchev–Trinajstić information content (AvgIpc) is 2.69. The lowest BCUT2D eigenvalue weighted by molar-refractivity contribution is 0.130. The number of aromatic nitrogens is 1. The summed E-state index contributed by atoms with van der Waals surface area (Å²) < 4.78 is 4.91. The standard InChI is InChI=1S/C9H16N2O2S/c1-13-5-2-3-7(10)8(12)9-11-4-6-14-9/h4,6-8,12H,2-3,5,10H2,1H3. The molecule has 2 atom stereocenters. The quantitative estimate of drug-likeness (QED) is 0.694. The van der Waals surface area contributed by atoms with Crippen LogP contribution in [0.5, 0.6) is 0 Å². The van der Waals surface area contributed by atoms with Crippen molar-refractivity contribution in [1.29, 1.82) is 0 Å². The van der Waals surface area contributed by atoms with E-state index in [2.05, 4.69) is 4.98 Å². The number of rotatable bonds is 6. The molecule has 0 amide bonds. The van der Waals surface area contributed by atoms with Gasteiger partial charge in [0.15, 0.2) is 0 Å². The zero-order valence-electron chi connectivity index (χ0n) is 8.22. The number of aliphatic hydroxyl groups excluding tert-OH is 1. The zero-order valence-corrected chi connectivity index (χ0v) is 9.04. The van der Waals surface area contributed by atoms with Crippen LogP contribution in [0.1, 0.15) is 24.0 Å². The summed E-state index contributed by atoms with van der Waals surface area (Å²) in [4.78, 5) is 4.02. The van der Waals surface area contributed by atoms with Gasteiger partial charge in [-0.1, -0.05) is 0 Å². The lowest BCUT2D eigenvalue weighted by Crippen LogP contribution is -2.28. The second-order valence-corrected chi connectivity index (χ2v) is 4.04. The van der Waals surface area contributed by atoms with E-state index in [1.54, 1.807) is 13.3 Å². The van der Waals surface area contributed by atoms with E-state index in [0.29, 0.717) is 11.6 Å². The first kappa shape index (κ1) is 11.6. The SMILES string of the molecule is COCCCC(N)C(O)c1nccs1. The topological polar surface area (TPSA) is 68.4 Å². The molecule has 0 aliphatic heterocycles. The van der Waals surface area contributed by atoms with Crippen LogP contribution in [0.3, 0.4) is 0 Å². The molecule has 5 heteroatoms. The molecular weight excluding hydrogens is 200 g/mol. The molecule has 1 aromatic heterocycles. The van der Waals surface area contributed by atoms with E-state index in [-0.39, 0.29) is 6.04 Å². The van der Waals surface area contributed by atoms with Gasteiger partial charge in [-0.2, -0.15) is 0 Å². The van der Waals surface area contributed by atoms with E-state index in [1.807, 2.05) is 5.38 Å². The minimum absolute atomic E-state index is 0.253. The highest BCUT2D eigenvalue weighted by atomic mass is 32.1. The molecular formula is C9H16N2O2S. The minimum atomic E-state index is -0.646. The molecule has 0 aliphatic rings. The lowest BCUT2D eigenvalue weighted by Gasteiger charge is -2.16. The van der Waals surface area contributed by atoms with Gasteiger partial charge in [-0.3, -0.25) is 0 Å². The van der Waals surface area contributed by atoms with Crippen molar-refractivity contribution in [3.05, 3.63) is 16.6 Å². The number of nitrogens with two attached hydrogens (primary N) is 1. The molecule has 1 rings (SSSR count). The Morgan fingerprint density at radius 2 is 2.50 bits per heavy atom. The fraction of sp³-hybridized carbons (Fsp3) is 0.667. The summed E-state index contributed by atoms with van der Waals surface area (Å²) in [7, 11) is 1.66. The fourth-order valence-corrected chi connectivity index (χ4v) is 1.88. The van der Waals surface area contributed by atoms with Crippen molar-refractivity contribution in [2.45, 2.75) is 25.0 Å². The fourth-order valence-electron chi connectivity index (χ4n) is 1.18. The van der Waals surface area contributed by atoms with Crippen molar-refractivity contribution >= 4 is 11.3 Å². The van der Waals surface area contributed by atoms with Crippen LogP contribution in [0.4, 0.5) is 0 Å². The van der Waals surface area contributed by atoms with Crippen LogP contribution in [-0.4, -0.2) is 29.8 Å². The monoisotopic (exact) mass is 216 g/mol. The molecule has 1 heterocycles. The highest BCUT2D eigenvalue weighted by Gasteiger charge is 2.18. The molecule has 3 N–H and O–H groups in total. The molecule has 4 nitrogen and oxygen atoms in total. The molecule has 0 aromatic carbocycles. The molecule has 0 radical (unpaired) electrons. The van der Waals surface area contributed by atoms with E-state index in [4.69, 9.17) is 10.5 Å². The molecule has 2 unspecified atom stereocenters. The Kier molecular flexibility index (Phi) is 5.03. The average molecular weight is 216 g/mol. The highest BCUT2D eigenvalue weighted by Crippen LogP contribution is 2.20. The van der Waals surface area contributed by atoms with Gasteiger partial charge in [-0.15, -0.1) is 11.3 Å². The van der Waals surface area contributed by atoms with E-state index in [9.17, 15) is 5.11 Å². The highest BCUT2D eigenvalue weighted by molar-refractivity contribution is 7.09. The van der Waals surface area contributed by atoms with Crippen molar-refractivity contribution < 1.29 is 9.84 Å². The summed E-state index contributed by atoms with van der Waals surface area (Å²) in [6.45, 7) is 0.679. The van der Waals surface area contributed by atoms with Gasteiger partial charge in [0.05, 0.1) is 0 Å². The summed E-state index contributed by atoms with van der Waals surface area (Å²) in [5, 5.41) is 12.3. The third kappa shape index (κ3) is 3.34. The van der Waals surface area contributed by atoms with Crippen molar-refractivity contribution in [3.63, 3.8) is 0 Å². The number of ether oxygens (including phenoxy) is 1. The van der Waals surface area contributed by atoms with E-state index in [0.717, 1.165) is 12.8 Å². The Morgan fingerprint density at radius 1 is 1.71 bits per heavy atom. The number of nitrogens with zero attached hydrogens (tertiary/aromatic N) is 1. The minimum Gasteiger partial charge on any atom is -0.385 e. The van der Waals surface area contributed by atoms with Gasteiger partial charge in [-0.25, -0.2) is 4.98 Å². The zero-order chi connectivity index (χ0) is 10.4. The maximum absolute atomic E-state index is 9.76. The Bertz CT molecular complexity index is 241. The van der Waals surface area contributed by atoms with Gasteiger partial charge in [0, 0.05) is 31.3 Å². The first-order valence-corrected chi connectivity index (χ1v) is 5.45. The number of hydrogen-bond acceptors (Lipinski definition) is 5. The van der Waals surface area contributed by atoms with Crippen LogP contribution in [0, 0.1) is 0 Å². The van der Waals surface area contributed by atoms with Gasteiger partial charge in [0.25, 0.3) is 0 Å². The maximum atomic E-state index is 9.76. The maximum Gasteiger partial charge on any atom is 0.123 e. The summed E-state index contributed by atoms with van der Waals surface area (Å²) in [5.41, 5.74) is 5.81. The van der Waals surface area contributed by atoms with Crippen LogP contribution in [0.25, 0.3) is 0 Å². The van der Waals surface area contributed by atoms with Gasteiger partial charge < -0.3 is 15.6 Å². The van der Waals surface area contributed by atoms with Crippen LogP contribution < -0.4 is 5.73 Å². The van der Waals surface area contributed by atoms with Crippen LogP contribution in [-0.2, 0) is 4.74 Å². The first-order chi connectivity index (χ1) is 6.75. The normalized spacial score (nSPS) is 15.4. The second-order valence-electron chi connectivity index (χ2n) is 3.11. The summed E-state index contributed by atoms with van der Waals surface area (Å²) in [6.07, 6.45) is 2.63. The van der Waals surface area contributed by atoms with Gasteiger partial charge >= 0.3 is 0 Å².